The summed E-state index contributed by atoms with van der Waals surface area (Å²) in [5, 5.41) is 0. The minimum Gasteiger partial charge on any atom is -0.474 e. The average Bonchev–Trinajstić information content (AvgIpc) is 3.72. The number of carbonyl (C=O) groups excluding carboxylic acids is 2. The number of hydrogen-bond donors (Lipinski definition) is 0. The van der Waals surface area contributed by atoms with Gasteiger partial charge >= 0.3 is 0 Å². The van der Waals surface area contributed by atoms with Crippen LogP contribution in [0.3, 0.4) is 0 Å². The molecule has 1 saturated heterocycles. The van der Waals surface area contributed by atoms with E-state index in [-0.39, 0.29) is 38.4 Å². The number of methoxy groups -OCH3 is 1. The molecule has 9 heteroatoms. The number of rotatable bonds is 6. The standard InChI is InChI=1S/C36H33FN4O3Si/c1-23-29-11-7-6-10-25(29)14-17-41(23)35(42)26-18-31(24-8-4-3-5-9-24)34-38-33(22-40(34)20-26)30-13-12-27(19-32(30)37)39-16-15-28(21-39)45-36(43)44-2/h3-13,18-20,22-23,28H,14-17,21H2,1-2H3/t23-,28-/m1/s1. The van der Waals surface area contributed by atoms with Crippen molar-refractivity contribution in [2.24, 2.45) is 0 Å². The predicted molar refractivity (Wildman–Crippen MR) is 174 cm³/mol. The fourth-order valence-corrected chi connectivity index (χ4v) is 7.67. The largest absolute Gasteiger partial charge is 0.474 e. The number of nitrogens with zero attached hydrogens (tertiary/aromatic N) is 4. The van der Waals surface area contributed by atoms with Crippen molar-refractivity contribution in [1.82, 2.24) is 14.3 Å². The summed E-state index contributed by atoms with van der Waals surface area (Å²) >= 11 is 0. The summed E-state index contributed by atoms with van der Waals surface area (Å²) in [5.41, 5.74) is 7.11. The molecule has 2 atom stereocenters. The highest BCUT2D eigenvalue weighted by Crippen LogP contribution is 2.35. The van der Waals surface area contributed by atoms with Gasteiger partial charge in [-0.15, -0.1) is 0 Å². The molecule has 5 aromatic rings. The lowest BCUT2D eigenvalue weighted by Gasteiger charge is -2.35. The Morgan fingerprint density at radius 3 is 2.56 bits per heavy atom. The number of hydrogen-bond acceptors (Lipinski definition) is 5. The summed E-state index contributed by atoms with van der Waals surface area (Å²) < 4.78 is 22.4. The molecule has 2 radical (unpaired) electrons. The van der Waals surface area contributed by atoms with Crippen LogP contribution in [0.4, 0.5) is 14.9 Å². The van der Waals surface area contributed by atoms with Gasteiger partial charge < -0.3 is 18.9 Å². The number of benzene rings is 3. The summed E-state index contributed by atoms with van der Waals surface area (Å²) in [6.07, 6.45) is 5.30. The molecule has 0 spiro atoms. The third-order valence-electron chi connectivity index (χ3n) is 9.03. The number of carbonyl (C=O) groups is 2. The highest BCUT2D eigenvalue weighted by atomic mass is 28.2. The first kappa shape index (κ1) is 29.0. The van der Waals surface area contributed by atoms with Gasteiger partial charge in [0, 0.05) is 48.8 Å². The van der Waals surface area contributed by atoms with E-state index in [1.54, 1.807) is 18.3 Å². The van der Waals surface area contributed by atoms with E-state index in [4.69, 9.17) is 9.72 Å². The van der Waals surface area contributed by atoms with E-state index in [0.717, 1.165) is 36.2 Å². The second kappa shape index (κ2) is 12.0. The average molecular weight is 617 g/mol. The van der Waals surface area contributed by atoms with Crippen LogP contribution in [0.2, 0.25) is 5.54 Å². The number of imidazole rings is 1. The van der Waals surface area contributed by atoms with Crippen LogP contribution in [0.5, 0.6) is 0 Å². The second-order valence-electron chi connectivity index (χ2n) is 11.7. The van der Waals surface area contributed by atoms with Crippen LogP contribution >= 0.6 is 0 Å². The number of fused-ring (bicyclic) bond motifs is 2. The van der Waals surface area contributed by atoms with Crippen molar-refractivity contribution >= 4 is 32.4 Å². The van der Waals surface area contributed by atoms with Gasteiger partial charge in [0.15, 0.2) is 9.52 Å². The van der Waals surface area contributed by atoms with Gasteiger partial charge in [-0.25, -0.2) is 9.37 Å². The summed E-state index contributed by atoms with van der Waals surface area (Å²) in [6.45, 7) is 4.18. The smallest absolute Gasteiger partial charge is 0.267 e. The molecule has 2 aromatic heterocycles. The van der Waals surface area contributed by atoms with Crippen LogP contribution in [-0.4, -0.2) is 62.0 Å². The predicted octanol–water partition coefficient (Wildman–Crippen LogP) is 7.04. The van der Waals surface area contributed by atoms with Crippen LogP contribution in [-0.2, 0) is 11.2 Å². The number of halogens is 1. The van der Waals surface area contributed by atoms with Crippen LogP contribution in [0.15, 0.2) is 91.3 Å². The molecule has 0 unspecified atom stereocenters. The zero-order valence-corrected chi connectivity index (χ0v) is 26.2. The molecule has 0 bridgehead atoms. The van der Waals surface area contributed by atoms with Gasteiger partial charge in [0.1, 0.15) is 11.5 Å². The Bertz CT molecular complexity index is 1910. The first-order valence-electron chi connectivity index (χ1n) is 15.3. The summed E-state index contributed by atoms with van der Waals surface area (Å²) in [6, 6.07) is 25.3. The van der Waals surface area contributed by atoms with E-state index in [2.05, 4.69) is 24.0 Å². The highest BCUT2D eigenvalue weighted by molar-refractivity contribution is 6.73. The number of amides is 1. The van der Waals surface area contributed by atoms with Crippen molar-refractivity contribution in [3.05, 3.63) is 114 Å². The van der Waals surface area contributed by atoms with Gasteiger partial charge in [0.25, 0.3) is 11.5 Å². The fourth-order valence-electron chi connectivity index (χ4n) is 6.64. The van der Waals surface area contributed by atoms with Gasteiger partial charge in [-0.3, -0.25) is 9.59 Å². The van der Waals surface area contributed by atoms with Crippen molar-refractivity contribution < 1.29 is 18.7 Å². The Hall–Kier alpha value is -4.76. The van der Waals surface area contributed by atoms with Crippen LogP contribution in [0.25, 0.3) is 28.0 Å². The summed E-state index contributed by atoms with van der Waals surface area (Å²) in [5.74, 6) is -0.410. The molecule has 0 saturated carbocycles. The Labute approximate surface area is 264 Å². The van der Waals surface area contributed by atoms with Crippen LogP contribution in [0, 0.1) is 5.82 Å². The van der Waals surface area contributed by atoms with E-state index >= 15 is 4.39 Å². The Balaban J connectivity index is 1.22. The maximum Gasteiger partial charge on any atom is 0.267 e. The van der Waals surface area contributed by atoms with Crippen molar-refractivity contribution in [2.75, 3.05) is 31.6 Å². The van der Waals surface area contributed by atoms with Gasteiger partial charge in [-0.05, 0) is 66.3 Å². The number of anilines is 1. The summed E-state index contributed by atoms with van der Waals surface area (Å²) in [4.78, 5) is 34.7. The molecule has 0 N–H and O–H groups in total. The molecular weight excluding hydrogens is 584 g/mol. The highest BCUT2D eigenvalue weighted by Gasteiger charge is 2.30. The maximum absolute atomic E-state index is 15.7. The van der Waals surface area contributed by atoms with Gasteiger partial charge in [-0.1, -0.05) is 54.6 Å². The minimum atomic E-state index is -0.367. The molecule has 226 valence electrons. The first-order valence-corrected chi connectivity index (χ1v) is 16.3. The molecular formula is C36H33FN4O3Si. The van der Waals surface area contributed by atoms with E-state index in [9.17, 15) is 9.59 Å². The van der Waals surface area contributed by atoms with Crippen molar-refractivity contribution in [3.8, 4) is 22.4 Å². The van der Waals surface area contributed by atoms with Crippen molar-refractivity contribution in [2.45, 2.75) is 31.3 Å². The lowest BCUT2D eigenvalue weighted by molar-refractivity contribution is 0.0677. The molecule has 1 amide bonds. The molecule has 3 aromatic carbocycles. The zero-order chi connectivity index (χ0) is 31.1. The topological polar surface area (TPSA) is 67.2 Å². The SMILES string of the molecule is COC(=O)[Si][C@@H]1CCN(c2ccc(-c3cn4cc(C(=O)N5CCc6ccccc6[C@H]5C)cc(-c5ccccc5)c4n3)c(F)c2)C1. The van der Waals surface area contributed by atoms with Crippen LogP contribution < -0.4 is 4.90 Å². The Morgan fingerprint density at radius 1 is 0.956 bits per heavy atom. The van der Waals surface area contributed by atoms with Gasteiger partial charge in [-0.2, -0.15) is 0 Å². The maximum atomic E-state index is 15.7. The van der Waals surface area contributed by atoms with E-state index in [1.165, 1.54) is 18.2 Å². The lowest BCUT2D eigenvalue weighted by atomic mass is 9.93. The van der Waals surface area contributed by atoms with E-state index < -0.39 is 0 Å². The van der Waals surface area contributed by atoms with E-state index in [1.807, 2.05) is 70.1 Å². The molecule has 1 fully saturated rings. The molecule has 7 nitrogen and oxygen atoms in total. The number of ether oxygens (including phenoxy) is 1. The van der Waals surface area contributed by atoms with Crippen molar-refractivity contribution in [1.29, 1.82) is 0 Å². The van der Waals surface area contributed by atoms with Gasteiger partial charge in [0.2, 0.25) is 0 Å². The third kappa shape index (κ3) is 5.52. The second-order valence-corrected chi connectivity index (χ2v) is 13.2. The Kier molecular flexibility index (Phi) is 7.71. The zero-order valence-electron chi connectivity index (χ0n) is 25.2. The lowest BCUT2D eigenvalue weighted by Crippen LogP contribution is -2.38. The van der Waals surface area contributed by atoms with Crippen molar-refractivity contribution in [3.63, 3.8) is 0 Å². The third-order valence-corrected chi connectivity index (χ3v) is 10.3. The Morgan fingerprint density at radius 2 is 1.76 bits per heavy atom. The normalized spacial score (nSPS) is 17.8. The fraction of sp³-hybridized carbons (Fsp3) is 0.250. The quantitative estimate of drug-likeness (QED) is 0.192. The molecule has 0 aliphatic carbocycles. The van der Waals surface area contributed by atoms with E-state index in [0.29, 0.717) is 35.6 Å². The molecule has 2 aliphatic heterocycles. The summed E-state index contributed by atoms with van der Waals surface area (Å²) in [7, 11) is 1.50. The number of aromatic nitrogens is 2. The number of pyridine rings is 1. The molecule has 45 heavy (non-hydrogen) atoms. The molecule has 4 heterocycles. The van der Waals surface area contributed by atoms with Gasteiger partial charge in [0.05, 0.1) is 24.4 Å². The minimum absolute atomic E-state index is 0.0430. The first-order chi connectivity index (χ1) is 21.9. The van der Waals surface area contributed by atoms with Crippen LogP contribution in [0.1, 0.15) is 40.9 Å². The monoisotopic (exact) mass is 616 g/mol. The molecule has 2 aliphatic rings. The molecule has 7 rings (SSSR count).